The van der Waals surface area contributed by atoms with Crippen LogP contribution < -0.4 is 0 Å². The van der Waals surface area contributed by atoms with E-state index in [0.717, 1.165) is 12.8 Å². The highest BCUT2D eigenvalue weighted by molar-refractivity contribution is 5.75. The molecule has 0 spiro atoms. The Morgan fingerprint density at radius 3 is 2.62 bits per heavy atom. The molecular weight excluding hydrogens is 208 g/mol. The zero-order valence-electron chi connectivity index (χ0n) is 10.1. The van der Waals surface area contributed by atoms with E-state index < -0.39 is 18.1 Å². The van der Waals surface area contributed by atoms with Crippen LogP contribution >= 0.6 is 0 Å². The Bertz CT molecular complexity index is 227. The van der Waals surface area contributed by atoms with Gasteiger partial charge in [-0.15, -0.1) is 0 Å². The smallest absolute Gasteiger partial charge is 0.312 e. The first-order valence-electron chi connectivity index (χ1n) is 6.04. The fraction of sp³-hybridized carbons (Fsp3) is 0.917. The number of ether oxygens (including phenoxy) is 1. The predicted molar refractivity (Wildman–Crippen MR) is 59.8 cm³/mol. The van der Waals surface area contributed by atoms with Crippen molar-refractivity contribution < 1.29 is 19.7 Å². The Kier molecular flexibility index (Phi) is 5.22. The second-order valence-electron chi connectivity index (χ2n) is 4.98. The lowest BCUT2D eigenvalue weighted by Crippen LogP contribution is -2.24. The fourth-order valence-corrected chi connectivity index (χ4v) is 2.04. The third-order valence-corrected chi connectivity index (χ3v) is 3.05. The standard InChI is InChI=1S/C12H22O4/c1-8(2)4-3-5-11(14)10-6-9(7-13)16-12(10)15/h8-11,13-14H,3-7H2,1-2H3/t9-,10+,11-/m1/s1. The lowest BCUT2D eigenvalue weighted by atomic mass is 9.93. The van der Waals surface area contributed by atoms with Crippen LogP contribution in [-0.2, 0) is 9.53 Å². The molecule has 1 heterocycles. The molecule has 0 saturated carbocycles. The van der Waals surface area contributed by atoms with Gasteiger partial charge in [0.15, 0.2) is 0 Å². The molecule has 4 heteroatoms. The topological polar surface area (TPSA) is 66.8 Å². The Morgan fingerprint density at radius 2 is 2.12 bits per heavy atom. The molecule has 0 aromatic carbocycles. The average molecular weight is 230 g/mol. The van der Waals surface area contributed by atoms with E-state index in [2.05, 4.69) is 13.8 Å². The number of aliphatic hydroxyl groups excluding tert-OH is 2. The maximum atomic E-state index is 11.4. The van der Waals surface area contributed by atoms with Gasteiger partial charge in [-0.05, 0) is 12.3 Å². The molecule has 1 fully saturated rings. The number of hydrogen-bond donors (Lipinski definition) is 2. The summed E-state index contributed by atoms with van der Waals surface area (Å²) in [6.45, 7) is 4.12. The fourth-order valence-electron chi connectivity index (χ4n) is 2.04. The van der Waals surface area contributed by atoms with E-state index in [1.807, 2.05) is 0 Å². The average Bonchev–Trinajstić information content (AvgIpc) is 2.59. The van der Waals surface area contributed by atoms with Crippen molar-refractivity contribution >= 4 is 5.97 Å². The Labute approximate surface area is 96.6 Å². The van der Waals surface area contributed by atoms with Crippen LogP contribution in [0.25, 0.3) is 0 Å². The van der Waals surface area contributed by atoms with Gasteiger partial charge in [-0.2, -0.15) is 0 Å². The summed E-state index contributed by atoms with van der Waals surface area (Å²) < 4.78 is 4.92. The summed E-state index contributed by atoms with van der Waals surface area (Å²) in [7, 11) is 0. The first kappa shape index (κ1) is 13.5. The van der Waals surface area contributed by atoms with Crippen LogP contribution in [0.2, 0.25) is 0 Å². The Hall–Kier alpha value is -0.610. The van der Waals surface area contributed by atoms with Crippen LogP contribution in [0.3, 0.4) is 0 Å². The van der Waals surface area contributed by atoms with Crippen molar-refractivity contribution in [2.24, 2.45) is 11.8 Å². The van der Waals surface area contributed by atoms with Crippen molar-refractivity contribution in [2.75, 3.05) is 6.61 Å². The maximum Gasteiger partial charge on any atom is 0.312 e. The van der Waals surface area contributed by atoms with Crippen molar-refractivity contribution in [3.05, 3.63) is 0 Å². The van der Waals surface area contributed by atoms with E-state index in [1.54, 1.807) is 0 Å². The molecule has 0 radical (unpaired) electrons. The number of carbonyl (C=O) groups excluding carboxylic acids is 1. The van der Waals surface area contributed by atoms with Gasteiger partial charge in [-0.1, -0.05) is 26.7 Å². The molecule has 0 amide bonds. The molecule has 94 valence electrons. The van der Waals surface area contributed by atoms with Crippen molar-refractivity contribution in [3.63, 3.8) is 0 Å². The summed E-state index contributed by atoms with van der Waals surface area (Å²) in [4.78, 5) is 11.4. The van der Waals surface area contributed by atoms with Crippen LogP contribution in [0.4, 0.5) is 0 Å². The summed E-state index contributed by atoms with van der Waals surface area (Å²) in [5.74, 6) is -0.187. The molecule has 0 bridgehead atoms. The SMILES string of the molecule is CC(C)CCC[C@@H](O)[C@@H]1C[C@H](CO)OC1=O. The molecule has 0 aliphatic carbocycles. The molecule has 1 aliphatic heterocycles. The normalized spacial score (nSPS) is 27.2. The van der Waals surface area contributed by atoms with E-state index in [-0.39, 0.29) is 12.6 Å². The van der Waals surface area contributed by atoms with Crippen molar-refractivity contribution in [3.8, 4) is 0 Å². The second-order valence-corrected chi connectivity index (χ2v) is 4.98. The number of cyclic esters (lactones) is 1. The summed E-state index contributed by atoms with van der Waals surface area (Å²) in [6.07, 6.45) is 2.02. The lowest BCUT2D eigenvalue weighted by molar-refractivity contribution is -0.147. The van der Waals surface area contributed by atoms with E-state index in [4.69, 9.17) is 9.84 Å². The van der Waals surface area contributed by atoms with Crippen LogP contribution in [0.5, 0.6) is 0 Å². The first-order valence-corrected chi connectivity index (χ1v) is 6.04. The summed E-state index contributed by atoms with van der Waals surface area (Å²) >= 11 is 0. The van der Waals surface area contributed by atoms with E-state index in [0.29, 0.717) is 18.8 Å². The molecule has 1 saturated heterocycles. The molecule has 0 unspecified atom stereocenters. The predicted octanol–water partition coefficient (Wildman–Crippen LogP) is 1.10. The molecule has 1 aliphatic rings. The molecule has 0 aromatic rings. The summed E-state index contributed by atoms with van der Waals surface area (Å²) in [6, 6.07) is 0. The lowest BCUT2D eigenvalue weighted by Gasteiger charge is -2.14. The maximum absolute atomic E-state index is 11.4. The molecule has 16 heavy (non-hydrogen) atoms. The quantitative estimate of drug-likeness (QED) is 0.670. The highest BCUT2D eigenvalue weighted by atomic mass is 16.6. The largest absolute Gasteiger partial charge is 0.460 e. The minimum Gasteiger partial charge on any atom is -0.460 e. The number of carbonyl (C=O) groups is 1. The van der Waals surface area contributed by atoms with Gasteiger partial charge < -0.3 is 14.9 Å². The summed E-state index contributed by atoms with van der Waals surface area (Å²) in [5.41, 5.74) is 0. The van der Waals surface area contributed by atoms with Crippen molar-refractivity contribution in [2.45, 2.75) is 51.7 Å². The van der Waals surface area contributed by atoms with E-state index in [1.165, 1.54) is 0 Å². The molecule has 2 N–H and O–H groups in total. The molecule has 3 atom stereocenters. The molecule has 0 aromatic heterocycles. The third kappa shape index (κ3) is 3.76. The van der Waals surface area contributed by atoms with Gasteiger partial charge in [0.1, 0.15) is 6.10 Å². The third-order valence-electron chi connectivity index (χ3n) is 3.05. The Balaban J connectivity index is 2.31. The van der Waals surface area contributed by atoms with Crippen molar-refractivity contribution in [1.82, 2.24) is 0 Å². The van der Waals surface area contributed by atoms with Gasteiger partial charge in [0.05, 0.1) is 18.6 Å². The number of aliphatic hydroxyl groups is 2. The van der Waals surface area contributed by atoms with Gasteiger partial charge in [0.2, 0.25) is 0 Å². The van der Waals surface area contributed by atoms with Gasteiger partial charge in [-0.3, -0.25) is 4.79 Å². The Morgan fingerprint density at radius 1 is 1.44 bits per heavy atom. The van der Waals surface area contributed by atoms with Gasteiger partial charge in [0.25, 0.3) is 0 Å². The van der Waals surface area contributed by atoms with Crippen LogP contribution in [-0.4, -0.2) is 35.0 Å². The highest BCUT2D eigenvalue weighted by Crippen LogP contribution is 2.26. The molecular formula is C12H22O4. The van der Waals surface area contributed by atoms with Gasteiger partial charge in [0, 0.05) is 6.42 Å². The zero-order valence-corrected chi connectivity index (χ0v) is 10.1. The van der Waals surface area contributed by atoms with E-state index in [9.17, 15) is 9.90 Å². The molecule has 1 rings (SSSR count). The first-order chi connectivity index (χ1) is 7.54. The number of hydrogen-bond acceptors (Lipinski definition) is 4. The van der Waals surface area contributed by atoms with Crippen LogP contribution in [0.1, 0.15) is 39.5 Å². The van der Waals surface area contributed by atoms with Gasteiger partial charge in [-0.25, -0.2) is 0 Å². The van der Waals surface area contributed by atoms with Crippen LogP contribution in [0, 0.1) is 11.8 Å². The minimum atomic E-state index is -0.622. The number of esters is 1. The summed E-state index contributed by atoms with van der Waals surface area (Å²) in [5, 5.41) is 18.7. The molecule has 4 nitrogen and oxygen atoms in total. The zero-order chi connectivity index (χ0) is 12.1. The number of rotatable bonds is 6. The monoisotopic (exact) mass is 230 g/mol. The van der Waals surface area contributed by atoms with E-state index >= 15 is 0 Å². The van der Waals surface area contributed by atoms with Crippen LogP contribution in [0.15, 0.2) is 0 Å². The second kappa shape index (κ2) is 6.21. The van der Waals surface area contributed by atoms with Crippen molar-refractivity contribution in [1.29, 1.82) is 0 Å². The highest BCUT2D eigenvalue weighted by Gasteiger charge is 2.38. The van der Waals surface area contributed by atoms with Gasteiger partial charge >= 0.3 is 5.97 Å². The minimum absolute atomic E-state index is 0.152.